The van der Waals surface area contributed by atoms with E-state index in [4.69, 9.17) is 0 Å². The van der Waals surface area contributed by atoms with Crippen LogP contribution >= 0.6 is 0 Å². The molecule has 0 unspecified atom stereocenters. The first-order chi connectivity index (χ1) is 27.7. The van der Waals surface area contributed by atoms with E-state index in [1.165, 1.54) is 120 Å². The standard InChI is InChI=1S/C56H42/c1-2-12-40-32-53-51(31-39(40)11-1)46-25-24-41(33-52(46)56(53)42-27-34-26-35(29-42)30-43(56)28-34)55-49-17-7-5-15-47(49)54(48-16-6-8-18-50(48)55)38-22-20-37(21-23-38)45-19-9-13-36-10-3-4-14-44(36)45/h1-25,31-35,42-43H,26-30H2. The summed E-state index contributed by atoms with van der Waals surface area (Å²) in [6.45, 7) is 0. The van der Waals surface area contributed by atoms with Crippen LogP contribution in [0.2, 0.25) is 0 Å². The molecule has 0 N–H and O–H groups in total. The van der Waals surface area contributed by atoms with Crippen LogP contribution in [0.15, 0.2) is 170 Å². The van der Waals surface area contributed by atoms with E-state index in [1.54, 1.807) is 11.1 Å². The Morgan fingerprint density at radius 2 is 0.804 bits per heavy atom. The van der Waals surface area contributed by atoms with Gasteiger partial charge in [-0.05, 0) is 173 Å². The van der Waals surface area contributed by atoms with Crippen molar-refractivity contribution >= 4 is 43.1 Å². The Balaban J connectivity index is 1.02. The maximum Gasteiger partial charge on any atom is 0.0272 e. The molecule has 0 amide bonds. The minimum atomic E-state index is 0.107. The second-order valence-corrected chi connectivity index (χ2v) is 17.6. The second kappa shape index (κ2) is 11.5. The van der Waals surface area contributed by atoms with Gasteiger partial charge in [0.05, 0.1) is 0 Å². The van der Waals surface area contributed by atoms with Crippen LogP contribution in [0.1, 0.15) is 43.2 Å². The van der Waals surface area contributed by atoms with Crippen molar-refractivity contribution in [2.45, 2.75) is 37.5 Å². The third-order valence-corrected chi connectivity index (χ3v) is 15.0. The molecule has 14 rings (SSSR count). The molecule has 4 bridgehead atoms. The lowest BCUT2D eigenvalue weighted by Gasteiger charge is -2.61. The predicted octanol–water partition coefficient (Wildman–Crippen LogP) is 15.0. The van der Waals surface area contributed by atoms with E-state index in [0.29, 0.717) is 0 Å². The molecule has 4 fully saturated rings. The number of hydrogen-bond acceptors (Lipinski definition) is 0. The van der Waals surface area contributed by atoms with E-state index in [0.717, 1.165) is 23.7 Å². The summed E-state index contributed by atoms with van der Waals surface area (Å²) in [6.07, 6.45) is 7.04. The zero-order valence-corrected chi connectivity index (χ0v) is 31.5. The van der Waals surface area contributed by atoms with Crippen molar-refractivity contribution in [1.82, 2.24) is 0 Å². The predicted molar refractivity (Wildman–Crippen MR) is 236 cm³/mol. The molecule has 0 aromatic heterocycles. The summed E-state index contributed by atoms with van der Waals surface area (Å²) in [6, 6.07) is 64.9. The first-order valence-corrected chi connectivity index (χ1v) is 20.9. The molecule has 1 spiro atoms. The van der Waals surface area contributed by atoms with Crippen LogP contribution in [-0.4, -0.2) is 0 Å². The largest absolute Gasteiger partial charge is 0.0616 e. The Morgan fingerprint density at radius 1 is 0.321 bits per heavy atom. The molecule has 9 aromatic carbocycles. The molecule has 0 saturated heterocycles. The van der Waals surface area contributed by atoms with Crippen LogP contribution in [0.25, 0.3) is 87.6 Å². The van der Waals surface area contributed by atoms with Gasteiger partial charge < -0.3 is 0 Å². The van der Waals surface area contributed by atoms with Crippen molar-refractivity contribution in [3.8, 4) is 44.5 Å². The molecular formula is C56H42. The van der Waals surface area contributed by atoms with Gasteiger partial charge in [-0.2, -0.15) is 0 Å². The maximum absolute atomic E-state index is 2.69. The molecule has 0 radical (unpaired) electrons. The lowest BCUT2D eigenvalue weighted by atomic mass is 9.43. The second-order valence-electron chi connectivity index (χ2n) is 17.6. The van der Waals surface area contributed by atoms with Crippen molar-refractivity contribution in [3.05, 3.63) is 181 Å². The Kier molecular flexibility index (Phi) is 6.43. The lowest BCUT2D eigenvalue weighted by molar-refractivity contribution is -0.0398. The summed E-state index contributed by atoms with van der Waals surface area (Å²) in [5.74, 6) is 3.28. The first-order valence-electron chi connectivity index (χ1n) is 20.9. The van der Waals surface area contributed by atoms with E-state index in [2.05, 4.69) is 170 Å². The van der Waals surface area contributed by atoms with Crippen molar-refractivity contribution in [3.63, 3.8) is 0 Å². The van der Waals surface area contributed by atoms with E-state index >= 15 is 0 Å². The third-order valence-electron chi connectivity index (χ3n) is 15.0. The van der Waals surface area contributed by atoms with Crippen LogP contribution in [0.4, 0.5) is 0 Å². The molecule has 0 aliphatic heterocycles. The summed E-state index contributed by atoms with van der Waals surface area (Å²) >= 11 is 0. The molecule has 0 nitrogen and oxygen atoms in total. The van der Waals surface area contributed by atoms with E-state index in [-0.39, 0.29) is 5.41 Å². The minimum absolute atomic E-state index is 0.107. The molecule has 4 saturated carbocycles. The summed E-state index contributed by atoms with van der Waals surface area (Å²) in [5, 5.41) is 10.6. The van der Waals surface area contributed by atoms with Gasteiger partial charge in [-0.15, -0.1) is 0 Å². The number of benzene rings is 9. The average Bonchev–Trinajstić information content (AvgIpc) is 3.52. The zero-order chi connectivity index (χ0) is 36.5. The Bertz CT molecular complexity index is 3000. The lowest BCUT2D eigenvalue weighted by Crippen LogP contribution is -2.55. The summed E-state index contributed by atoms with van der Waals surface area (Å²) in [4.78, 5) is 0. The van der Waals surface area contributed by atoms with Gasteiger partial charge in [0.25, 0.3) is 0 Å². The van der Waals surface area contributed by atoms with Crippen molar-refractivity contribution < 1.29 is 0 Å². The molecule has 0 heterocycles. The highest BCUT2D eigenvalue weighted by Crippen LogP contribution is 2.70. The highest BCUT2D eigenvalue weighted by Gasteiger charge is 2.61. The molecule has 5 aliphatic carbocycles. The van der Waals surface area contributed by atoms with Crippen molar-refractivity contribution in [1.29, 1.82) is 0 Å². The van der Waals surface area contributed by atoms with Gasteiger partial charge in [0.2, 0.25) is 0 Å². The van der Waals surface area contributed by atoms with E-state index in [9.17, 15) is 0 Å². The Morgan fingerprint density at radius 3 is 1.45 bits per heavy atom. The highest BCUT2D eigenvalue weighted by atomic mass is 14.6. The quantitative estimate of drug-likeness (QED) is 0.160. The fourth-order valence-electron chi connectivity index (χ4n) is 13.1. The SMILES string of the molecule is c1ccc2cc3c(cc2c1)-c1ccc(-c2c4ccccc4c(-c4ccc(-c5cccc6ccccc56)cc4)c4ccccc24)cc1C31C2CC3CC(C2)CC1C3. The summed E-state index contributed by atoms with van der Waals surface area (Å²) < 4.78 is 0. The number of rotatable bonds is 3. The molecule has 56 heavy (non-hydrogen) atoms. The fourth-order valence-corrected chi connectivity index (χ4v) is 13.1. The molecule has 9 aromatic rings. The fraction of sp³-hybridized carbons (Fsp3) is 0.179. The molecule has 0 heteroatoms. The minimum Gasteiger partial charge on any atom is -0.0616 e. The summed E-state index contributed by atoms with van der Waals surface area (Å²) in [5.41, 5.74) is 14.2. The molecular weight excluding hydrogens is 673 g/mol. The monoisotopic (exact) mass is 714 g/mol. The average molecular weight is 715 g/mol. The number of fused-ring (bicyclic) bond motifs is 7. The normalized spacial score (nSPS) is 23.1. The van der Waals surface area contributed by atoms with Crippen LogP contribution in [0.3, 0.4) is 0 Å². The third kappa shape index (κ3) is 4.20. The van der Waals surface area contributed by atoms with Gasteiger partial charge in [0, 0.05) is 5.41 Å². The van der Waals surface area contributed by atoms with Crippen molar-refractivity contribution in [2.75, 3.05) is 0 Å². The summed E-state index contributed by atoms with van der Waals surface area (Å²) in [7, 11) is 0. The van der Waals surface area contributed by atoms with Crippen molar-refractivity contribution in [2.24, 2.45) is 23.7 Å². The van der Waals surface area contributed by atoms with Gasteiger partial charge >= 0.3 is 0 Å². The van der Waals surface area contributed by atoms with E-state index < -0.39 is 0 Å². The highest BCUT2D eigenvalue weighted by molar-refractivity contribution is 6.21. The van der Waals surface area contributed by atoms with Gasteiger partial charge in [-0.25, -0.2) is 0 Å². The smallest absolute Gasteiger partial charge is 0.0272 e. The molecule has 0 atom stereocenters. The Hall–Kier alpha value is -5.98. The number of hydrogen-bond donors (Lipinski definition) is 0. The van der Waals surface area contributed by atoms with Gasteiger partial charge in [-0.1, -0.05) is 152 Å². The zero-order valence-electron chi connectivity index (χ0n) is 31.5. The van der Waals surface area contributed by atoms with Crippen LogP contribution < -0.4 is 0 Å². The van der Waals surface area contributed by atoms with Gasteiger partial charge in [0.1, 0.15) is 0 Å². The van der Waals surface area contributed by atoms with Crippen LogP contribution in [-0.2, 0) is 5.41 Å². The van der Waals surface area contributed by atoms with Crippen LogP contribution in [0, 0.1) is 23.7 Å². The van der Waals surface area contributed by atoms with Crippen LogP contribution in [0.5, 0.6) is 0 Å². The van der Waals surface area contributed by atoms with Gasteiger partial charge in [-0.3, -0.25) is 0 Å². The maximum atomic E-state index is 2.69. The molecule has 5 aliphatic rings. The van der Waals surface area contributed by atoms with Gasteiger partial charge in [0.15, 0.2) is 0 Å². The first kappa shape index (κ1) is 31.2. The Labute approximate surface area is 328 Å². The molecule has 266 valence electrons. The topological polar surface area (TPSA) is 0 Å². The van der Waals surface area contributed by atoms with E-state index in [1.807, 2.05) is 0 Å².